The molecule has 1 aromatic heterocycles. The van der Waals surface area contributed by atoms with Gasteiger partial charge in [0.25, 0.3) is 0 Å². The van der Waals surface area contributed by atoms with Gasteiger partial charge in [-0.25, -0.2) is 4.79 Å². The summed E-state index contributed by atoms with van der Waals surface area (Å²) in [5.41, 5.74) is 3.56. The van der Waals surface area contributed by atoms with E-state index in [2.05, 4.69) is 51.8 Å². The number of hydrogen-bond donors (Lipinski definition) is 2. The van der Waals surface area contributed by atoms with Gasteiger partial charge in [0.05, 0.1) is 11.9 Å². The molecule has 1 aliphatic rings. The van der Waals surface area contributed by atoms with Gasteiger partial charge in [0.15, 0.2) is 0 Å². The Bertz CT molecular complexity index is 696. The smallest absolute Gasteiger partial charge is 0.319 e. The summed E-state index contributed by atoms with van der Waals surface area (Å²) in [4.78, 5) is 14.4. The lowest BCUT2D eigenvalue weighted by Gasteiger charge is -2.33. The monoisotopic (exact) mass is 327 g/mol. The van der Waals surface area contributed by atoms with E-state index in [1.54, 1.807) is 10.9 Å². The predicted molar refractivity (Wildman–Crippen MR) is 94.9 cm³/mol. The van der Waals surface area contributed by atoms with Gasteiger partial charge in [-0.2, -0.15) is 5.10 Å². The van der Waals surface area contributed by atoms with Gasteiger partial charge in [0.2, 0.25) is 0 Å². The van der Waals surface area contributed by atoms with Crippen LogP contribution in [0, 0.1) is 0 Å². The summed E-state index contributed by atoms with van der Waals surface area (Å²) >= 11 is 0. The highest BCUT2D eigenvalue weighted by molar-refractivity contribution is 5.88. The molecular weight excluding hydrogens is 302 g/mol. The van der Waals surface area contributed by atoms with Gasteiger partial charge in [0.1, 0.15) is 0 Å². The average Bonchev–Trinajstić information content (AvgIpc) is 3.06. The molecule has 3 rings (SSSR count). The quantitative estimate of drug-likeness (QED) is 0.887. The number of aryl methyl sites for hydroxylation is 1. The normalized spacial score (nSPS) is 15.6. The van der Waals surface area contributed by atoms with Gasteiger partial charge in [-0.3, -0.25) is 9.58 Å². The van der Waals surface area contributed by atoms with Crippen molar-refractivity contribution in [3.05, 3.63) is 47.8 Å². The molecule has 0 spiro atoms. The van der Waals surface area contributed by atoms with Crippen LogP contribution in [0.5, 0.6) is 0 Å². The third-order valence-electron chi connectivity index (χ3n) is 4.56. The van der Waals surface area contributed by atoms with Crippen molar-refractivity contribution in [2.45, 2.75) is 39.4 Å². The van der Waals surface area contributed by atoms with Crippen molar-refractivity contribution in [1.82, 2.24) is 20.0 Å². The molecule has 24 heavy (non-hydrogen) atoms. The van der Waals surface area contributed by atoms with Crippen molar-refractivity contribution in [2.75, 3.05) is 18.4 Å². The largest absolute Gasteiger partial charge is 0.336 e. The lowest BCUT2D eigenvalue weighted by molar-refractivity contribution is 0.186. The minimum Gasteiger partial charge on any atom is -0.336 e. The Hall–Kier alpha value is -2.34. The second-order valence-electron chi connectivity index (χ2n) is 6.26. The SMILES string of the molecule is CCn1cc(NC(=O)NC[C@@H](C)N2CCc3ccccc3C2)cn1. The van der Waals surface area contributed by atoms with E-state index in [4.69, 9.17) is 0 Å². The molecule has 2 amide bonds. The summed E-state index contributed by atoms with van der Waals surface area (Å²) in [6.07, 6.45) is 4.56. The minimum atomic E-state index is -0.185. The van der Waals surface area contributed by atoms with Gasteiger partial charge in [-0.05, 0) is 31.4 Å². The van der Waals surface area contributed by atoms with Crippen molar-refractivity contribution >= 4 is 11.7 Å². The van der Waals surface area contributed by atoms with Crippen LogP contribution < -0.4 is 10.6 Å². The summed E-state index contributed by atoms with van der Waals surface area (Å²) < 4.78 is 1.78. The maximum absolute atomic E-state index is 12.0. The number of carbonyl (C=O) groups is 1. The fourth-order valence-corrected chi connectivity index (χ4v) is 3.04. The summed E-state index contributed by atoms with van der Waals surface area (Å²) in [5.74, 6) is 0. The Kier molecular flexibility index (Phi) is 5.15. The van der Waals surface area contributed by atoms with E-state index in [1.165, 1.54) is 11.1 Å². The number of amides is 2. The van der Waals surface area contributed by atoms with Gasteiger partial charge in [0, 0.05) is 38.4 Å². The molecule has 2 N–H and O–H groups in total. The second kappa shape index (κ2) is 7.49. The lowest BCUT2D eigenvalue weighted by atomic mass is 9.99. The number of rotatable bonds is 5. The van der Waals surface area contributed by atoms with Gasteiger partial charge in [-0.1, -0.05) is 24.3 Å². The number of hydrogen-bond acceptors (Lipinski definition) is 3. The molecular formula is C18H25N5O. The zero-order valence-electron chi connectivity index (χ0n) is 14.3. The molecule has 0 bridgehead atoms. The maximum Gasteiger partial charge on any atom is 0.319 e. The Morgan fingerprint density at radius 1 is 1.33 bits per heavy atom. The molecule has 2 heterocycles. The van der Waals surface area contributed by atoms with Gasteiger partial charge >= 0.3 is 6.03 Å². The molecule has 0 unspecified atom stereocenters. The number of anilines is 1. The standard InChI is InChI=1S/C18H25N5O/c1-3-23-13-17(11-20-23)21-18(24)19-10-14(2)22-9-8-15-6-4-5-7-16(15)12-22/h4-7,11,13-14H,3,8-10,12H2,1-2H3,(H2,19,21,24)/t14-/m1/s1. The average molecular weight is 327 g/mol. The predicted octanol–water partition coefficient (Wildman–Crippen LogP) is 2.47. The van der Waals surface area contributed by atoms with Gasteiger partial charge in [-0.15, -0.1) is 0 Å². The topological polar surface area (TPSA) is 62.2 Å². The first-order valence-corrected chi connectivity index (χ1v) is 8.54. The Balaban J connectivity index is 1.47. The summed E-state index contributed by atoms with van der Waals surface area (Å²) in [6, 6.07) is 8.70. The second-order valence-corrected chi connectivity index (χ2v) is 6.26. The maximum atomic E-state index is 12.0. The summed E-state index contributed by atoms with van der Waals surface area (Å²) in [7, 11) is 0. The Morgan fingerprint density at radius 2 is 2.12 bits per heavy atom. The highest BCUT2D eigenvalue weighted by Crippen LogP contribution is 2.19. The van der Waals surface area contributed by atoms with Crippen molar-refractivity contribution in [3.63, 3.8) is 0 Å². The molecule has 1 aromatic carbocycles. The Labute approximate surface area is 142 Å². The van der Waals surface area contributed by atoms with Crippen LogP contribution in [0.1, 0.15) is 25.0 Å². The van der Waals surface area contributed by atoms with Gasteiger partial charge < -0.3 is 10.6 Å². The molecule has 0 saturated carbocycles. The van der Waals surface area contributed by atoms with E-state index in [1.807, 2.05) is 13.1 Å². The molecule has 0 saturated heterocycles. The van der Waals surface area contributed by atoms with E-state index >= 15 is 0 Å². The number of urea groups is 1. The number of benzene rings is 1. The molecule has 128 valence electrons. The third kappa shape index (κ3) is 3.94. The van der Waals surface area contributed by atoms with E-state index in [-0.39, 0.29) is 6.03 Å². The molecule has 6 nitrogen and oxygen atoms in total. The molecule has 1 atom stereocenters. The van der Waals surface area contributed by atoms with Crippen LogP contribution in [-0.4, -0.2) is 39.8 Å². The van der Waals surface area contributed by atoms with Crippen LogP contribution in [0.2, 0.25) is 0 Å². The third-order valence-corrected chi connectivity index (χ3v) is 4.56. The van der Waals surface area contributed by atoms with Crippen molar-refractivity contribution in [1.29, 1.82) is 0 Å². The van der Waals surface area contributed by atoms with Crippen molar-refractivity contribution in [3.8, 4) is 0 Å². The number of nitrogens with one attached hydrogen (secondary N) is 2. The number of carbonyl (C=O) groups excluding carboxylic acids is 1. The van der Waals surface area contributed by atoms with Crippen LogP contribution >= 0.6 is 0 Å². The first-order valence-electron chi connectivity index (χ1n) is 8.54. The van der Waals surface area contributed by atoms with Crippen LogP contribution in [0.3, 0.4) is 0 Å². The zero-order chi connectivity index (χ0) is 16.9. The fourth-order valence-electron chi connectivity index (χ4n) is 3.04. The van der Waals surface area contributed by atoms with Crippen LogP contribution in [0.15, 0.2) is 36.7 Å². The molecule has 0 aliphatic carbocycles. The Morgan fingerprint density at radius 3 is 2.88 bits per heavy atom. The van der Waals surface area contributed by atoms with Crippen LogP contribution in [0.4, 0.5) is 10.5 Å². The fraction of sp³-hybridized carbons (Fsp3) is 0.444. The van der Waals surface area contributed by atoms with E-state index in [0.29, 0.717) is 18.3 Å². The minimum absolute atomic E-state index is 0.185. The number of nitrogens with zero attached hydrogens (tertiary/aromatic N) is 3. The van der Waals surface area contributed by atoms with Crippen LogP contribution in [0.25, 0.3) is 0 Å². The first kappa shape index (κ1) is 16.5. The summed E-state index contributed by atoms with van der Waals surface area (Å²) in [6.45, 7) is 7.56. The lowest BCUT2D eigenvalue weighted by Crippen LogP contribution is -2.45. The zero-order valence-corrected chi connectivity index (χ0v) is 14.3. The number of fused-ring (bicyclic) bond motifs is 1. The summed E-state index contributed by atoms with van der Waals surface area (Å²) in [5, 5.41) is 9.91. The van der Waals surface area contributed by atoms with Crippen molar-refractivity contribution in [2.24, 2.45) is 0 Å². The molecule has 2 aromatic rings. The van der Waals surface area contributed by atoms with Crippen LogP contribution in [-0.2, 0) is 19.5 Å². The highest BCUT2D eigenvalue weighted by atomic mass is 16.2. The molecule has 0 radical (unpaired) electrons. The molecule has 6 heteroatoms. The van der Waals surface area contributed by atoms with E-state index in [0.717, 1.165) is 26.1 Å². The van der Waals surface area contributed by atoms with Crippen molar-refractivity contribution < 1.29 is 4.79 Å². The molecule has 1 aliphatic heterocycles. The first-order chi connectivity index (χ1) is 11.7. The van der Waals surface area contributed by atoms with E-state index in [9.17, 15) is 4.79 Å². The van der Waals surface area contributed by atoms with E-state index < -0.39 is 0 Å². The highest BCUT2D eigenvalue weighted by Gasteiger charge is 2.20. The molecule has 0 fully saturated rings. The number of aromatic nitrogens is 2.